The molecule has 1 saturated heterocycles. The summed E-state index contributed by atoms with van der Waals surface area (Å²) in [5.41, 5.74) is 4.50. The number of benzene rings is 1. The van der Waals surface area contributed by atoms with Crippen molar-refractivity contribution in [3.63, 3.8) is 0 Å². The van der Waals surface area contributed by atoms with Gasteiger partial charge in [0.15, 0.2) is 5.82 Å². The molecule has 182 valence electrons. The summed E-state index contributed by atoms with van der Waals surface area (Å²) in [6.07, 6.45) is 1.74. The summed E-state index contributed by atoms with van der Waals surface area (Å²) in [6.45, 7) is 14.5. The molecule has 4 rings (SSSR count). The van der Waals surface area contributed by atoms with Gasteiger partial charge in [0.2, 0.25) is 0 Å². The Morgan fingerprint density at radius 1 is 1.15 bits per heavy atom. The third kappa shape index (κ3) is 4.99. The summed E-state index contributed by atoms with van der Waals surface area (Å²) in [6, 6.07) is 8.30. The fourth-order valence-electron chi connectivity index (χ4n) is 4.33. The van der Waals surface area contributed by atoms with Gasteiger partial charge in [-0.05, 0) is 45.3 Å². The second-order valence-electron chi connectivity index (χ2n) is 10.3. The van der Waals surface area contributed by atoms with Gasteiger partial charge in [-0.1, -0.05) is 49.7 Å². The first kappa shape index (κ1) is 24.3. The lowest BCUT2D eigenvalue weighted by Crippen LogP contribution is -2.50. The lowest BCUT2D eigenvalue weighted by Gasteiger charge is -2.37. The molecule has 0 spiro atoms. The van der Waals surface area contributed by atoms with Gasteiger partial charge in [-0.25, -0.2) is 4.79 Å². The van der Waals surface area contributed by atoms with E-state index in [0.717, 1.165) is 33.4 Å². The number of carbonyl (C=O) groups is 1. The molecule has 3 heterocycles. The van der Waals surface area contributed by atoms with E-state index in [2.05, 4.69) is 47.4 Å². The Morgan fingerprint density at radius 2 is 1.82 bits per heavy atom. The average Bonchev–Trinajstić information content (AvgIpc) is 2.78. The van der Waals surface area contributed by atoms with Gasteiger partial charge >= 0.3 is 6.09 Å². The van der Waals surface area contributed by atoms with Crippen molar-refractivity contribution < 1.29 is 9.53 Å². The van der Waals surface area contributed by atoms with Gasteiger partial charge in [0.25, 0.3) is 0 Å². The smallest absolute Gasteiger partial charge is 0.410 e. The van der Waals surface area contributed by atoms with E-state index < -0.39 is 5.60 Å². The molecule has 1 aromatic heterocycles. The van der Waals surface area contributed by atoms with Crippen molar-refractivity contribution in [1.29, 1.82) is 0 Å². The molecule has 0 aliphatic carbocycles. The predicted molar refractivity (Wildman–Crippen MR) is 138 cm³/mol. The van der Waals surface area contributed by atoms with E-state index in [1.807, 2.05) is 39.8 Å². The van der Waals surface area contributed by atoms with E-state index in [4.69, 9.17) is 21.4 Å². The van der Waals surface area contributed by atoms with Crippen molar-refractivity contribution in [3.8, 4) is 11.3 Å². The Labute approximate surface area is 207 Å². The highest BCUT2D eigenvalue weighted by molar-refractivity contribution is 6.33. The van der Waals surface area contributed by atoms with Gasteiger partial charge in [-0.15, -0.1) is 10.2 Å². The molecule has 2 aliphatic rings. The van der Waals surface area contributed by atoms with Crippen molar-refractivity contribution in [1.82, 2.24) is 15.1 Å². The van der Waals surface area contributed by atoms with Crippen LogP contribution in [-0.4, -0.2) is 59.0 Å². The number of fused-ring (bicyclic) bond motifs is 1. The topological polar surface area (TPSA) is 70.6 Å². The molecule has 34 heavy (non-hydrogen) atoms. The van der Waals surface area contributed by atoms with Crippen LogP contribution in [0.2, 0.25) is 0 Å². The number of amides is 1. The van der Waals surface area contributed by atoms with Gasteiger partial charge < -0.3 is 19.9 Å². The number of nitrogens with zero attached hydrogens (tertiary/aromatic N) is 4. The van der Waals surface area contributed by atoms with Crippen LogP contribution in [0.25, 0.3) is 17.3 Å². The molecular formula is C26H34ClN5O2. The number of piperazine rings is 1. The summed E-state index contributed by atoms with van der Waals surface area (Å²) in [5, 5.41) is 13.7. The zero-order valence-corrected chi connectivity index (χ0v) is 21.6. The Balaban J connectivity index is 1.67. The predicted octanol–water partition coefficient (Wildman–Crippen LogP) is 5.72. The maximum absolute atomic E-state index is 12.5. The standard InChI is InChI=1S/C26H34ClN5O2/c1-16(2)18-9-7-8-10-19(18)22-20-15-21(27)17(3)28-23(20)24(30-29-22)31-11-13-32(14-12-31)25(33)34-26(4,5)6/h7-10,15-17,28H,11-14H2,1-6H3. The quantitative estimate of drug-likeness (QED) is 0.602. The fourth-order valence-corrected chi connectivity index (χ4v) is 4.50. The third-order valence-electron chi connectivity index (χ3n) is 6.12. The Kier molecular flexibility index (Phi) is 6.76. The van der Waals surface area contributed by atoms with Crippen LogP contribution < -0.4 is 10.2 Å². The number of nitrogens with one attached hydrogen (secondary N) is 1. The Morgan fingerprint density at radius 3 is 2.47 bits per heavy atom. The molecule has 1 fully saturated rings. The fraction of sp³-hybridized carbons (Fsp3) is 0.500. The lowest BCUT2D eigenvalue weighted by molar-refractivity contribution is 0.0240. The number of halogens is 1. The van der Waals surface area contributed by atoms with Crippen LogP contribution in [0.1, 0.15) is 58.6 Å². The molecule has 1 N–H and O–H groups in total. The molecule has 1 aromatic carbocycles. The van der Waals surface area contributed by atoms with Crippen LogP contribution in [0.3, 0.4) is 0 Å². The van der Waals surface area contributed by atoms with E-state index in [-0.39, 0.29) is 12.1 Å². The number of hydrogen-bond donors (Lipinski definition) is 1. The molecule has 8 heteroatoms. The van der Waals surface area contributed by atoms with Crippen LogP contribution in [-0.2, 0) is 4.74 Å². The van der Waals surface area contributed by atoms with E-state index in [1.54, 1.807) is 4.90 Å². The number of carbonyl (C=O) groups excluding carboxylic acids is 1. The number of hydrogen-bond acceptors (Lipinski definition) is 6. The number of aromatic nitrogens is 2. The summed E-state index contributed by atoms with van der Waals surface area (Å²) >= 11 is 6.58. The molecule has 2 aromatic rings. The number of anilines is 2. The SMILES string of the molecule is CC1Nc2c(N3CCN(C(=O)OC(C)(C)C)CC3)nnc(-c3ccccc3C(C)C)c2C=C1Cl. The second kappa shape index (κ2) is 9.45. The summed E-state index contributed by atoms with van der Waals surface area (Å²) in [7, 11) is 0. The minimum atomic E-state index is -0.507. The molecule has 7 nitrogen and oxygen atoms in total. The summed E-state index contributed by atoms with van der Waals surface area (Å²) in [5.74, 6) is 1.14. The van der Waals surface area contributed by atoms with Crippen LogP contribution in [0.4, 0.5) is 16.3 Å². The molecular weight excluding hydrogens is 450 g/mol. The number of ether oxygens (including phenoxy) is 1. The lowest BCUT2D eigenvalue weighted by atomic mass is 9.92. The van der Waals surface area contributed by atoms with Crippen LogP contribution >= 0.6 is 11.6 Å². The highest BCUT2D eigenvalue weighted by Gasteiger charge is 2.31. The first-order valence-electron chi connectivity index (χ1n) is 11.9. The molecule has 0 radical (unpaired) electrons. The molecule has 2 aliphatic heterocycles. The molecule has 0 saturated carbocycles. The molecule has 1 unspecified atom stereocenters. The second-order valence-corrected chi connectivity index (χ2v) is 10.7. The van der Waals surface area contributed by atoms with Crippen molar-refractivity contribution in [3.05, 3.63) is 40.4 Å². The average molecular weight is 484 g/mol. The Bertz CT molecular complexity index is 1100. The minimum Gasteiger partial charge on any atom is -0.444 e. The van der Waals surface area contributed by atoms with Crippen molar-refractivity contribution in [2.45, 2.75) is 59.1 Å². The molecule has 1 atom stereocenters. The van der Waals surface area contributed by atoms with E-state index in [1.165, 1.54) is 5.56 Å². The summed E-state index contributed by atoms with van der Waals surface area (Å²) in [4.78, 5) is 16.4. The van der Waals surface area contributed by atoms with Crippen molar-refractivity contribution in [2.75, 3.05) is 36.4 Å². The van der Waals surface area contributed by atoms with Gasteiger partial charge in [-0.2, -0.15) is 0 Å². The van der Waals surface area contributed by atoms with Gasteiger partial charge in [-0.3, -0.25) is 0 Å². The normalized spacial score (nSPS) is 18.4. The van der Waals surface area contributed by atoms with Crippen LogP contribution in [0, 0.1) is 0 Å². The molecule has 0 bridgehead atoms. The zero-order chi connectivity index (χ0) is 24.6. The van der Waals surface area contributed by atoms with Crippen molar-refractivity contribution >= 4 is 35.3 Å². The highest BCUT2D eigenvalue weighted by Crippen LogP contribution is 2.41. The summed E-state index contributed by atoms with van der Waals surface area (Å²) < 4.78 is 5.54. The number of rotatable bonds is 3. The van der Waals surface area contributed by atoms with Gasteiger partial charge in [0.1, 0.15) is 11.3 Å². The highest BCUT2D eigenvalue weighted by atomic mass is 35.5. The van der Waals surface area contributed by atoms with Crippen LogP contribution in [0.15, 0.2) is 29.3 Å². The first-order chi connectivity index (χ1) is 16.0. The third-order valence-corrected chi connectivity index (χ3v) is 6.55. The van der Waals surface area contributed by atoms with E-state index in [9.17, 15) is 4.79 Å². The zero-order valence-electron chi connectivity index (χ0n) is 20.9. The van der Waals surface area contributed by atoms with Gasteiger partial charge in [0, 0.05) is 42.3 Å². The monoisotopic (exact) mass is 483 g/mol. The molecule has 1 amide bonds. The Hall–Kier alpha value is -2.80. The van der Waals surface area contributed by atoms with E-state index >= 15 is 0 Å². The maximum Gasteiger partial charge on any atom is 0.410 e. The minimum absolute atomic E-state index is 0.0200. The van der Waals surface area contributed by atoms with Crippen LogP contribution in [0.5, 0.6) is 0 Å². The van der Waals surface area contributed by atoms with Gasteiger partial charge in [0.05, 0.1) is 11.7 Å². The maximum atomic E-state index is 12.5. The van der Waals surface area contributed by atoms with Crippen molar-refractivity contribution in [2.24, 2.45) is 0 Å². The first-order valence-corrected chi connectivity index (χ1v) is 12.3. The largest absolute Gasteiger partial charge is 0.444 e. The van der Waals surface area contributed by atoms with E-state index in [0.29, 0.717) is 32.1 Å².